The van der Waals surface area contributed by atoms with E-state index in [1.54, 1.807) is 12.1 Å². The molecule has 0 bridgehead atoms. The summed E-state index contributed by atoms with van der Waals surface area (Å²) in [4.78, 5) is 12.3. The molecule has 0 saturated carbocycles. The number of carbonyl (C=O) groups is 1. The van der Waals surface area contributed by atoms with Gasteiger partial charge in [-0.15, -0.1) is 12.4 Å². The Morgan fingerprint density at radius 1 is 1.15 bits per heavy atom. The van der Waals surface area contributed by atoms with Crippen LogP contribution in [0.3, 0.4) is 0 Å². The number of fused-ring (bicyclic) bond motifs is 1. The molecule has 0 spiro atoms. The quantitative estimate of drug-likeness (QED) is 0.697. The summed E-state index contributed by atoms with van der Waals surface area (Å²) in [6.07, 6.45) is 2.07. The lowest BCUT2D eigenvalue weighted by Crippen LogP contribution is -2.45. The predicted octanol–water partition coefficient (Wildman–Crippen LogP) is 3.92. The van der Waals surface area contributed by atoms with Gasteiger partial charge >= 0.3 is 0 Å². The maximum atomic E-state index is 12.3. The molecule has 2 aromatic carbocycles. The summed E-state index contributed by atoms with van der Waals surface area (Å²) in [5, 5.41) is 8.59. The lowest BCUT2D eigenvalue weighted by Gasteiger charge is -2.23. The molecule has 1 aliphatic rings. The number of piperidine rings is 1. The molecule has 3 aromatic rings. The fourth-order valence-corrected chi connectivity index (χ4v) is 3.22. The Bertz CT molecular complexity index is 903. The van der Waals surface area contributed by atoms with Crippen LogP contribution < -0.4 is 15.4 Å². The van der Waals surface area contributed by atoms with Crippen LogP contribution in [0, 0.1) is 0 Å². The van der Waals surface area contributed by atoms with Gasteiger partial charge in [-0.3, -0.25) is 4.79 Å². The highest BCUT2D eigenvalue weighted by Crippen LogP contribution is 2.21. The lowest BCUT2D eigenvalue weighted by atomic mass is 10.1. The number of rotatable bonds is 5. The number of carbonyl (C=O) groups excluding carboxylic acids is 1. The van der Waals surface area contributed by atoms with Crippen molar-refractivity contribution in [1.82, 2.24) is 10.6 Å². The zero-order valence-corrected chi connectivity index (χ0v) is 15.8. The molecule has 0 radical (unpaired) electrons. The zero-order valence-electron chi connectivity index (χ0n) is 14.9. The van der Waals surface area contributed by atoms with Gasteiger partial charge in [0.25, 0.3) is 5.91 Å². The smallest absolute Gasteiger partial charge is 0.287 e. The Morgan fingerprint density at radius 3 is 2.81 bits per heavy atom. The van der Waals surface area contributed by atoms with Crippen molar-refractivity contribution in [3.05, 3.63) is 66.1 Å². The lowest BCUT2D eigenvalue weighted by molar-refractivity contribution is 0.0898. The summed E-state index contributed by atoms with van der Waals surface area (Å²) in [5.74, 6) is 1.56. The van der Waals surface area contributed by atoms with Gasteiger partial charge in [0.1, 0.15) is 18.1 Å². The van der Waals surface area contributed by atoms with E-state index in [1.165, 1.54) is 5.39 Å². The van der Waals surface area contributed by atoms with Crippen molar-refractivity contribution in [3.63, 3.8) is 0 Å². The van der Waals surface area contributed by atoms with Crippen LogP contribution in [0.1, 0.15) is 29.2 Å². The first-order chi connectivity index (χ1) is 12.8. The molecule has 0 aliphatic carbocycles. The summed E-state index contributed by atoms with van der Waals surface area (Å²) in [6.45, 7) is 2.12. The van der Waals surface area contributed by atoms with Crippen molar-refractivity contribution in [2.24, 2.45) is 0 Å². The molecule has 142 valence electrons. The number of hydrogen-bond donors (Lipinski definition) is 2. The third-order valence-electron chi connectivity index (χ3n) is 4.62. The topological polar surface area (TPSA) is 63.5 Å². The summed E-state index contributed by atoms with van der Waals surface area (Å²) in [5.41, 5.74) is 0. The second-order valence-electron chi connectivity index (χ2n) is 6.58. The van der Waals surface area contributed by atoms with Gasteiger partial charge in [0.05, 0.1) is 0 Å². The number of furan rings is 1. The van der Waals surface area contributed by atoms with Crippen LogP contribution >= 0.6 is 12.4 Å². The fourth-order valence-electron chi connectivity index (χ4n) is 3.22. The van der Waals surface area contributed by atoms with Gasteiger partial charge in [0.2, 0.25) is 0 Å². The molecule has 1 unspecified atom stereocenters. The average molecular weight is 387 g/mol. The van der Waals surface area contributed by atoms with E-state index >= 15 is 0 Å². The van der Waals surface area contributed by atoms with Crippen molar-refractivity contribution in [3.8, 4) is 5.75 Å². The van der Waals surface area contributed by atoms with Crippen molar-refractivity contribution in [1.29, 1.82) is 0 Å². The highest BCUT2D eigenvalue weighted by Gasteiger charge is 2.18. The van der Waals surface area contributed by atoms with Crippen LogP contribution in [0.25, 0.3) is 10.8 Å². The molecule has 2 heterocycles. The summed E-state index contributed by atoms with van der Waals surface area (Å²) in [6, 6.07) is 17.8. The summed E-state index contributed by atoms with van der Waals surface area (Å²) >= 11 is 0. The second kappa shape index (κ2) is 8.93. The van der Waals surface area contributed by atoms with Gasteiger partial charge in [-0.1, -0.05) is 30.3 Å². The largest absolute Gasteiger partial charge is 0.486 e. The highest BCUT2D eigenvalue weighted by molar-refractivity contribution is 5.91. The molecule has 1 atom stereocenters. The monoisotopic (exact) mass is 386 g/mol. The standard InChI is InChI=1S/C21H22N2O3.ClH/c24-21(23-17-6-3-11-22-13-17)20-10-9-19(26-20)14-25-18-8-7-15-4-1-2-5-16(15)12-18;/h1-2,4-5,7-10,12,17,22H,3,6,11,13-14H2,(H,23,24);1H. The molecular formula is C21H23ClN2O3. The SMILES string of the molecule is Cl.O=C(NC1CCCNC1)c1ccc(COc2ccc3ccccc3c2)o1. The number of nitrogens with one attached hydrogen (secondary N) is 2. The minimum atomic E-state index is -0.171. The Labute approximate surface area is 164 Å². The van der Waals surface area contributed by atoms with Crippen LogP contribution in [-0.4, -0.2) is 25.0 Å². The molecule has 1 saturated heterocycles. The highest BCUT2D eigenvalue weighted by atomic mass is 35.5. The molecule has 4 rings (SSSR count). The van der Waals surface area contributed by atoms with Crippen LogP contribution in [0.15, 0.2) is 59.0 Å². The van der Waals surface area contributed by atoms with E-state index in [-0.39, 0.29) is 31.0 Å². The van der Waals surface area contributed by atoms with E-state index in [0.29, 0.717) is 11.5 Å². The van der Waals surface area contributed by atoms with Gasteiger partial charge in [-0.05, 0) is 54.4 Å². The fraction of sp³-hybridized carbons (Fsp3) is 0.286. The third kappa shape index (κ3) is 4.81. The van der Waals surface area contributed by atoms with Crippen molar-refractivity contribution in [2.45, 2.75) is 25.5 Å². The Morgan fingerprint density at radius 2 is 2.00 bits per heavy atom. The van der Waals surface area contributed by atoms with E-state index in [4.69, 9.17) is 9.15 Å². The number of hydrogen-bond acceptors (Lipinski definition) is 4. The maximum Gasteiger partial charge on any atom is 0.287 e. The van der Waals surface area contributed by atoms with Crippen molar-refractivity contribution < 1.29 is 13.9 Å². The number of benzene rings is 2. The summed E-state index contributed by atoms with van der Waals surface area (Å²) in [7, 11) is 0. The molecule has 5 nitrogen and oxygen atoms in total. The zero-order chi connectivity index (χ0) is 17.8. The third-order valence-corrected chi connectivity index (χ3v) is 4.62. The van der Waals surface area contributed by atoms with Gasteiger partial charge in [-0.2, -0.15) is 0 Å². The molecular weight excluding hydrogens is 364 g/mol. The first-order valence-corrected chi connectivity index (χ1v) is 9.00. The van der Waals surface area contributed by atoms with E-state index in [9.17, 15) is 4.79 Å². The Hall–Kier alpha value is -2.50. The van der Waals surface area contributed by atoms with E-state index < -0.39 is 0 Å². The predicted molar refractivity (Wildman–Crippen MR) is 108 cm³/mol. The first-order valence-electron chi connectivity index (χ1n) is 9.00. The maximum absolute atomic E-state index is 12.3. The van der Waals surface area contributed by atoms with E-state index in [1.807, 2.05) is 30.3 Å². The number of amides is 1. The van der Waals surface area contributed by atoms with E-state index in [2.05, 4.69) is 22.8 Å². The van der Waals surface area contributed by atoms with Crippen molar-refractivity contribution >= 4 is 29.1 Å². The first kappa shape index (κ1) is 19.3. The molecule has 1 fully saturated rings. The molecule has 6 heteroatoms. The van der Waals surface area contributed by atoms with Crippen LogP contribution in [0.2, 0.25) is 0 Å². The van der Waals surface area contributed by atoms with Gasteiger partial charge < -0.3 is 19.8 Å². The Kier molecular flexibility index (Phi) is 6.37. The molecule has 27 heavy (non-hydrogen) atoms. The molecule has 1 aliphatic heterocycles. The van der Waals surface area contributed by atoms with Gasteiger partial charge in [-0.25, -0.2) is 0 Å². The summed E-state index contributed by atoms with van der Waals surface area (Å²) < 4.78 is 11.4. The van der Waals surface area contributed by atoms with Gasteiger partial charge in [0.15, 0.2) is 5.76 Å². The van der Waals surface area contributed by atoms with E-state index in [0.717, 1.165) is 37.1 Å². The number of ether oxygens (including phenoxy) is 1. The minimum absolute atomic E-state index is 0. The average Bonchev–Trinajstić information content (AvgIpc) is 3.16. The van der Waals surface area contributed by atoms with Crippen LogP contribution in [0.4, 0.5) is 0 Å². The number of halogens is 1. The molecule has 1 aromatic heterocycles. The van der Waals surface area contributed by atoms with Crippen LogP contribution in [0.5, 0.6) is 5.75 Å². The minimum Gasteiger partial charge on any atom is -0.486 e. The van der Waals surface area contributed by atoms with Crippen molar-refractivity contribution in [2.75, 3.05) is 13.1 Å². The molecule has 2 N–H and O–H groups in total. The second-order valence-corrected chi connectivity index (χ2v) is 6.58. The Balaban J connectivity index is 0.00000210. The van der Waals surface area contributed by atoms with Gasteiger partial charge in [0, 0.05) is 12.6 Å². The normalized spacial score (nSPS) is 16.5. The van der Waals surface area contributed by atoms with Crippen LogP contribution in [-0.2, 0) is 6.61 Å². The molecule has 1 amide bonds.